The van der Waals surface area contributed by atoms with Gasteiger partial charge in [-0.25, -0.2) is 0 Å². The quantitative estimate of drug-likeness (QED) is 0.821. The van der Waals surface area contributed by atoms with Gasteiger partial charge in [-0.15, -0.1) is 11.3 Å². The number of rotatable bonds is 6. The zero-order valence-electron chi connectivity index (χ0n) is 11.0. The van der Waals surface area contributed by atoms with E-state index >= 15 is 0 Å². The third kappa shape index (κ3) is 4.11. The normalized spacial score (nSPS) is 15.1. The van der Waals surface area contributed by atoms with Crippen molar-refractivity contribution in [3.8, 4) is 0 Å². The van der Waals surface area contributed by atoms with Crippen molar-refractivity contribution in [1.82, 2.24) is 5.32 Å². The van der Waals surface area contributed by atoms with Crippen molar-refractivity contribution in [3.05, 3.63) is 21.4 Å². The summed E-state index contributed by atoms with van der Waals surface area (Å²) in [7, 11) is 0. The highest BCUT2D eigenvalue weighted by atomic mass is 32.2. The van der Waals surface area contributed by atoms with Gasteiger partial charge in [0.1, 0.15) is 0 Å². The molecule has 0 saturated heterocycles. The first kappa shape index (κ1) is 14.1. The zero-order chi connectivity index (χ0) is 12.1. The Morgan fingerprint density at radius 1 is 1.38 bits per heavy atom. The van der Waals surface area contributed by atoms with E-state index < -0.39 is 0 Å². The van der Waals surface area contributed by atoms with Crippen molar-refractivity contribution in [2.24, 2.45) is 0 Å². The highest BCUT2D eigenvalue weighted by Gasteiger charge is 2.13. The summed E-state index contributed by atoms with van der Waals surface area (Å²) in [6.07, 6.45) is 0. The van der Waals surface area contributed by atoms with E-state index in [0.717, 1.165) is 0 Å². The molecular formula is C13H23NS2. The summed E-state index contributed by atoms with van der Waals surface area (Å²) in [4.78, 5) is 2.87. The van der Waals surface area contributed by atoms with Gasteiger partial charge in [0.25, 0.3) is 0 Å². The second kappa shape index (κ2) is 6.67. The van der Waals surface area contributed by atoms with Crippen LogP contribution >= 0.6 is 23.1 Å². The van der Waals surface area contributed by atoms with E-state index in [1.165, 1.54) is 26.8 Å². The van der Waals surface area contributed by atoms with Crippen molar-refractivity contribution in [2.75, 3.05) is 11.5 Å². The monoisotopic (exact) mass is 257 g/mol. The average molecular weight is 257 g/mol. The number of thiophene rings is 1. The summed E-state index contributed by atoms with van der Waals surface area (Å²) in [5, 5.41) is 3.67. The molecule has 0 aromatic carbocycles. The van der Waals surface area contributed by atoms with Gasteiger partial charge in [0.05, 0.1) is 0 Å². The maximum absolute atomic E-state index is 3.67. The Morgan fingerprint density at radius 2 is 2.06 bits per heavy atom. The largest absolute Gasteiger partial charge is 0.307 e. The molecule has 0 radical (unpaired) electrons. The third-order valence-corrected chi connectivity index (χ3v) is 4.78. The molecule has 0 aliphatic heterocycles. The average Bonchev–Trinajstić information content (AvgIpc) is 2.54. The van der Waals surface area contributed by atoms with Crippen LogP contribution in [-0.4, -0.2) is 17.5 Å². The van der Waals surface area contributed by atoms with Crippen molar-refractivity contribution >= 4 is 23.1 Å². The van der Waals surface area contributed by atoms with Crippen LogP contribution in [0.4, 0.5) is 0 Å². The summed E-state index contributed by atoms with van der Waals surface area (Å²) < 4.78 is 0. The van der Waals surface area contributed by atoms with E-state index in [2.05, 4.69) is 46.0 Å². The van der Waals surface area contributed by atoms with Crippen LogP contribution in [0.2, 0.25) is 0 Å². The van der Waals surface area contributed by atoms with E-state index in [1.54, 1.807) is 0 Å². The number of aryl methyl sites for hydroxylation is 2. The van der Waals surface area contributed by atoms with Gasteiger partial charge in [-0.05, 0) is 45.1 Å². The Morgan fingerprint density at radius 3 is 2.56 bits per heavy atom. The molecule has 16 heavy (non-hydrogen) atoms. The first-order chi connectivity index (χ1) is 7.54. The second-order valence-electron chi connectivity index (χ2n) is 4.32. The first-order valence-electron chi connectivity index (χ1n) is 5.95. The van der Waals surface area contributed by atoms with Gasteiger partial charge >= 0.3 is 0 Å². The van der Waals surface area contributed by atoms with Gasteiger partial charge in [-0.1, -0.05) is 6.92 Å². The van der Waals surface area contributed by atoms with Crippen LogP contribution < -0.4 is 5.32 Å². The van der Waals surface area contributed by atoms with E-state index in [1.807, 2.05) is 23.1 Å². The van der Waals surface area contributed by atoms with Crippen molar-refractivity contribution in [3.63, 3.8) is 0 Å². The van der Waals surface area contributed by atoms with Gasteiger partial charge < -0.3 is 5.32 Å². The minimum Gasteiger partial charge on any atom is -0.307 e. The Labute approximate surface area is 108 Å². The molecule has 92 valence electrons. The van der Waals surface area contributed by atoms with Crippen molar-refractivity contribution in [2.45, 2.75) is 46.7 Å². The number of hydrogen-bond acceptors (Lipinski definition) is 3. The van der Waals surface area contributed by atoms with E-state index in [0.29, 0.717) is 12.1 Å². The van der Waals surface area contributed by atoms with Gasteiger partial charge in [0.2, 0.25) is 0 Å². The fourth-order valence-electron chi connectivity index (χ4n) is 1.94. The maximum atomic E-state index is 3.67. The lowest BCUT2D eigenvalue weighted by atomic mass is 10.1. The Kier molecular flexibility index (Phi) is 5.87. The van der Waals surface area contributed by atoms with E-state index in [-0.39, 0.29) is 0 Å². The molecule has 0 fully saturated rings. The molecule has 0 spiro atoms. The van der Waals surface area contributed by atoms with Gasteiger partial charge in [0, 0.05) is 27.6 Å². The fourth-order valence-corrected chi connectivity index (χ4v) is 3.65. The fraction of sp³-hybridized carbons (Fsp3) is 0.692. The van der Waals surface area contributed by atoms with Crippen molar-refractivity contribution < 1.29 is 0 Å². The predicted molar refractivity (Wildman–Crippen MR) is 77.8 cm³/mol. The molecular weight excluding hydrogens is 234 g/mol. The summed E-state index contributed by atoms with van der Waals surface area (Å²) in [5.74, 6) is 2.40. The molecule has 0 amide bonds. The molecule has 1 rings (SSSR count). The lowest BCUT2D eigenvalue weighted by Crippen LogP contribution is -2.31. The van der Waals surface area contributed by atoms with Gasteiger partial charge in [-0.3, -0.25) is 0 Å². The van der Waals surface area contributed by atoms with Crippen molar-refractivity contribution in [1.29, 1.82) is 0 Å². The molecule has 2 unspecified atom stereocenters. The lowest BCUT2D eigenvalue weighted by molar-refractivity contribution is 0.511. The zero-order valence-corrected chi connectivity index (χ0v) is 12.6. The molecule has 0 bridgehead atoms. The highest BCUT2D eigenvalue weighted by molar-refractivity contribution is 7.99. The molecule has 1 heterocycles. The summed E-state index contributed by atoms with van der Waals surface area (Å²) in [5.41, 5.74) is 1.47. The van der Waals surface area contributed by atoms with Crippen LogP contribution in [0.1, 0.15) is 42.1 Å². The molecule has 2 atom stereocenters. The number of nitrogens with one attached hydrogen (secondary N) is 1. The first-order valence-corrected chi connectivity index (χ1v) is 7.92. The van der Waals surface area contributed by atoms with Gasteiger partial charge in [0.15, 0.2) is 0 Å². The Bertz CT molecular complexity index is 320. The van der Waals surface area contributed by atoms with Crippen LogP contribution in [0.25, 0.3) is 0 Å². The smallest absolute Gasteiger partial charge is 0.0305 e. The summed E-state index contributed by atoms with van der Waals surface area (Å²) in [6.45, 7) is 11.2. The third-order valence-electron chi connectivity index (χ3n) is 2.65. The van der Waals surface area contributed by atoms with E-state index in [4.69, 9.17) is 0 Å². The molecule has 1 aromatic heterocycles. The highest BCUT2D eigenvalue weighted by Crippen LogP contribution is 2.26. The number of hydrogen-bond donors (Lipinski definition) is 1. The van der Waals surface area contributed by atoms with Crippen LogP contribution in [0, 0.1) is 13.8 Å². The molecule has 0 aliphatic rings. The van der Waals surface area contributed by atoms with E-state index in [9.17, 15) is 0 Å². The van der Waals surface area contributed by atoms with Crippen LogP contribution in [0.15, 0.2) is 6.07 Å². The molecule has 1 aromatic rings. The van der Waals surface area contributed by atoms with Gasteiger partial charge in [-0.2, -0.15) is 11.8 Å². The molecule has 1 nitrogen and oxygen atoms in total. The molecule has 0 aliphatic carbocycles. The molecule has 0 saturated carbocycles. The van der Waals surface area contributed by atoms with Crippen LogP contribution in [0.5, 0.6) is 0 Å². The van der Waals surface area contributed by atoms with Crippen LogP contribution in [-0.2, 0) is 0 Å². The SMILES string of the molecule is CCSCC(C)NC(C)c1cc(C)sc1C. The standard InChI is InChI=1S/C13H23NS2/c1-6-15-8-9(2)14-11(4)13-7-10(3)16-12(13)5/h7,9,11,14H,6,8H2,1-5H3. The maximum Gasteiger partial charge on any atom is 0.0305 e. The Hall–Kier alpha value is 0.01000. The summed E-state index contributed by atoms with van der Waals surface area (Å²) in [6, 6.07) is 3.37. The molecule has 1 N–H and O–H groups in total. The second-order valence-corrected chi connectivity index (χ2v) is 7.10. The molecule has 3 heteroatoms. The predicted octanol–water partition coefficient (Wildman–Crippen LogP) is 4.16. The minimum absolute atomic E-state index is 0.470. The summed E-state index contributed by atoms with van der Waals surface area (Å²) >= 11 is 3.90. The lowest BCUT2D eigenvalue weighted by Gasteiger charge is -2.19. The topological polar surface area (TPSA) is 12.0 Å². The minimum atomic E-state index is 0.470. The Balaban J connectivity index is 2.51. The number of thioether (sulfide) groups is 1. The van der Waals surface area contributed by atoms with Crippen LogP contribution in [0.3, 0.4) is 0 Å².